The van der Waals surface area contributed by atoms with Crippen LogP contribution in [0.2, 0.25) is 0 Å². The van der Waals surface area contributed by atoms with E-state index in [1.807, 2.05) is 6.07 Å². The van der Waals surface area contributed by atoms with E-state index in [2.05, 4.69) is 25.4 Å². The fourth-order valence-corrected chi connectivity index (χ4v) is 3.38. The average Bonchev–Trinajstić information content (AvgIpc) is 2.93. The van der Waals surface area contributed by atoms with Crippen LogP contribution < -0.4 is 5.32 Å². The van der Waals surface area contributed by atoms with Crippen molar-refractivity contribution in [3.8, 4) is 0 Å². The Morgan fingerprint density at radius 1 is 1.33 bits per heavy atom. The van der Waals surface area contributed by atoms with Gasteiger partial charge in [0.15, 0.2) is 0 Å². The van der Waals surface area contributed by atoms with Crippen molar-refractivity contribution >= 4 is 0 Å². The minimum atomic E-state index is 0.409. The highest BCUT2D eigenvalue weighted by Gasteiger charge is 2.28. The lowest BCUT2D eigenvalue weighted by Gasteiger charge is -2.33. The Kier molecular flexibility index (Phi) is 5.30. The van der Waals surface area contributed by atoms with Crippen LogP contribution in [0.5, 0.6) is 0 Å². The molecule has 1 atom stereocenters. The number of rotatable bonds is 6. The average molecular weight is 249 g/mol. The summed E-state index contributed by atoms with van der Waals surface area (Å²) in [5.41, 5.74) is 0. The summed E-state index contributed by atoms with van der Waals surface area (Å²) in [7, 11) is 2.05. The van der Waals surface area contributed by atoms with Gasteiger partial charge in [0.25, 0.3) is 0 Å². The molecule has 0 saturated heterocycles. The summed E-state index contributed by atoms with van der Waals surface area (Å²) in [6, 6.07) is 4.50. The Morgan fingerprint density at radius 2 is 2.11 bits per heavy atom. The standard InChI is InChI=1S/C16H27NO/c1-3-4-6-13-8-10-14(11-9-13)16(17-2)15-7-5-12-18-15/h5,7,12-14,16-17H,3-4,6,8-11H2,1-2H3. The van der Waals surface area contributed by atoms with Gasteiger partial charge in [0.2, 0.25) is 0 Å². The maximum Gasteiger partial charge on any atom is 0.120 e. The zero-order valence-electron chi connectivity index (χ0n) is 11.8. The van der Waals surface area contributed by atoms with Crippen LogP contribution in [-0.2, 0) is 0 Å². The van der Waals surface area contributed by atoms with Gasteiger partial charge in [-0.25, -0.2) is 0 Å². The Morgan fingerprint density at radius 3 is 2.67 bits per heavy atom. The molecule has 1 N–H and O–H groups in total. The Bertz CT molecular complexity index is 312. The first-order valence-electron chi connectivity index (χ1n) is 7.55. The highest BCUT2D eigenvalue weighted by Crippen LogP contribution is 2.38. The molecular formula is C16H27NO. The first kappa shape index (κ1) is 13.7. The van der Waals surface area contributed by atoms with E-state index in [1.54, 1.807) is 6.26 Å². The molecule has 0 aliphatic heterocycles. The molecule has 0 bridgehead atoms. The van der Waals surface area contributed by atoms with E-state index in [9.17, 15) is 0 Å². The fourth-order valence-electron chi connectivity index (χ4n) is 3.38. The van der Waals surface area contributed by atoms with Crippen LogP contribution in [0.1, 0.15) is 63.7 Å². The van der Waals surface area contributed by atoms with Crippen LogP contribution in [0.15, 0.2) is 22.8 Å². The summed E-state index contributed by atoms with van der Waals surface area (Å²) in [5, 5.41) is 3.44. The monoisotopic (exact) mass is 249 g/mol. The molecule has 0 spiro atoms. The van der Waals surface area contributed by atoms with Crippen LogP contribution in [0, 0.1) is 11.8 Å². The van der Waals surface area contributed by atoms with Crippen molar-refractivity contribution in [3.63, 3.8) is 0 Å². The SMILES string of the molecule is CCCCC1CCC(C(NC)c2ccco2)CC1. The molecule has 102 valence electrons. The Hall–Kier alpha value is -0.760. The third-order valence-corrected chi connectivity index (χ3v) is 4.49. The summed E-state index contributed by atoms with van der Waals surface area (Å²) in [5.74, 6) is 2.84. The minimum Gasteiger partial charge on any atom is -0.468 e. The Labute approximate surface area is 111 Å². The topological polar surface area (TPSA) is 25.2 Å². The third kappa shape index (κ3) is 3.38. The van der Waals surface area contributed by atoms with Gasteiger partial charge >= 0.3 is 0 Å². The summed E-state index contributed by atoms with van der Waals surface area (Å²) in [6.45, 7) is 2.29. The number of hydrogen-bond donors (Lipinski definition) is 1. The molecule has 2 heteroatoms. The van der Waals surface area contributed by atoms with E-state index < -0.39 is 0 Å². The Balaban J connectivity index is 1.84. The molecule has 0 amide bonds. The van der Waals surface area contributed by atoms with Crippen molar-refractivity contribution in [2.45, 2.75) is 57.9 Å². The summed E-state index contributed by atoms with van der Waals surface area (Å²) >= 11 is 0. The predicted octanol–water partition coefficient (Wildman–Crippen LogP) is 4.54. The molecule has 1 heterocycles. The van der Waals surface area contributed by atoms with Crippen LogP contribution >= 0.6 is 0 Å². The van der Waals surface area contributed by atoms with E-state index in [-0.39, 0.29) is 0 Å². The van der Waals surface area contributed by atoms with Crippen LogP contribution in [-0.4, -0.2) is 7.05 Å². The molecule has 1 unspecified atom stereocenters. The van der Waals surface area contributed by atoms with Gasteiger partial charge in [-0.1, -0.05) is 39.0 Å². The van der Waals surface area contributed by atoms with Crippen molar-refractivity contribution < 1.29 is 4.42 Å². The second kappa shape index (κ2) is 6.98. The van der Waals surface area contributed by atoms with Crippen molar-refractivity contribution in [2.75, 3.05) is 7.05 Å². The van der Waals surface area contributed by atoms with Gasteiger partial charge in [0.1, 0.15) is 5.76 Å². The quantitative estimate of drug-likeness (QED) is 0.801. The first-order chi connectivity index (χ1) is 8.85. The predicted molar refractivity (Wildman–Crippen MR) is 75.5 cm³/mol. The van der Waals surface area contributed by atoms with Crippen LogP contribution in [0.3, 0.4) is 0 Å². The summed E-state index contributed by atoms with van der Waals surface area (Å²) in [6.07, 6.45) is 11.5. The lowest BCUT2D eigenvalue weighted by molar-refractivity contribution is 0.203. The second-order valence-electron chi connectivity index (χ2n) is 5.70. The molecule has 1 fully saturated rings. The van der Waals surface area contributed by atoms with Gasteiger partial charge in [-0.05, 0) is 43.9 Å². The normalized spacial score (nSPS) is 26.1. The zero-order valence-corrected chi connectivity index (χ0v) is 11.8. The zero-order chi connectivity index (χ0) is 12.8. The van der Waals surface area contributed by atoms with Gasteiger partial charge in [-0.3, -0.25) is 0 Å². The smallest absolute Gasteiger partial charge is 0.120 e. The van der Waals surface area contributed by atoms with E-state index in [1.165, 1.54) is 44.9 Å². The first-order valence-corrected chi connectivity index (χ1v) is 7.55. The maximum absolute atomic E-state index is 5.57. The molecule has 18 heavy (non-hydrogen) atoms. The van der Waals surface area contributed by atoms with E-state index in [0.29, 0.717) is 6.04 Å². The minimum absolute atomic E-state index is 0.409. The molecule has 1 aliphatic carbocycles. The number of unbranched alkanes of at least 4 members (excludes halogenated alkanes) is 1. The van der Waals surface area contributed by atoms with Gasteiger partial charge in [0, 0.05) is 0 Å². The lowest BCUT2D eigenvalue weighted by atomic mass is 9.76. The van der Waals surface area contributed by atoms with E-state index >= 15 is 0 Å². The second-order valence-corrected chi connectivity index (χ2v) is 5.70. The van der Waals surface area contributed by atoms with Crippen molar-refractivity contribution in [1.29, 1.82) is 0 Å². The molecule has 1 saturated carbocycles. The van der Waals surface area contributed by atoms with Crippen LogP contribution in [0.4, 0.5) is 0 Å². The summed E-state index contributed by atoms with van der Waals surface area (Å²) < 4.78 is 5.57. The van der Waals surface area contributed by atoms with Crippen LogP contribution in [0.25, 0.3) is 0 Å². The molecule has 1 aromatic rings. The molecule has 1 aromatic heterocycles. The molecule has 2 nitrogen and oxygen atoms in total. The molecule has 0 radical (unpaired) electrons. The number of furan rings is 1. The highest BCUT2D eigenvalue weighted by atomic mass is 16.3. The fraction of sp³-hybridized carbons (Fsp3) is 0.750. The molecule has 0 aromatic carbocycles. The van der Waals surface area contributed by atoms with Crippen molar-refractivity contribution in [3.05, 3.63) is 24.2 Å². The number of hydrogen-bond acceptors (Lipinski definition) is 2. The highest BCUT2D eigenvalue weighted by molar-refractivity contribution is 5.06. The third-order valence-electron chi connectivity index (χ3n) is 4.49. The largest absolute Gasteiger partial charge is 0.468 e. The van der Waals surface area contributed by atoms with Crippen molar-refractivity contribution in [1.82, 2.24) is 5.32 Å². The lowest BCUT2D eigenvalue weighted by Crippen LogP contribution is -2.28. The van der Waals surface area contributed by atoms with Gasteiger partial charge in [-0.15, -0.1) is 0 Å². The maximum atomic E-state index is 5.57. The van der Waals surface area contributed by atoms with E-state index in [0.717, 1.165) is 17.6 Å². The summed E-state index contributed by atoms with van der Waals surface area (Å²) in [4.78, 5) is 0. The van der Waals surface area contributed by atoms with E-state index in [4.69, 9.17) is 4.42 Å². The van der Waals surface area contributed by atoms with Gasteiger partial charge in [-0.2, -0.15) is 0 Å². The number of nitrogens with one attached hydrogen (secondary N) is 1. The van der Waals surface area contributed by atoms with Crippen molar-refractivity contribution in [2.24, 2.45) is 11.8 Å². The van der Waals surface area contributed by atoms with Gasteiger partial charge in [0.05, 0.1) is 12.3 Å². The molecular weight excluding hydrogens is 222 g/mol. The molecule has 2 rings (SSSR count). The molecule has 1 aliphatic rings. The van der Waals surface area contributed by atoms with Gasteiger partial charge < -0.3 is 9.73 Å².